The molecule has 3 aromatic rings. The van der Waals surface area contributed by atoms with Crippen molar-refractivity contribution < 1.29 is 0 Å². The van der Waals surface area contributed by atoms with Crippen LogP contribution in [0.4, 0.5) is 0 Å². The van der Waals surface area contributed by atoms with Crippen molar-refractivity contribution in [3.63, 3.8) is 0 Å². The Morgan fingerprint density at radius 2 is 1.48 bits per heavy atom. The Morgan fingerprint density at radius 3 is 2.17 bits per heavy atom. The van der Waals surface area contributed by atoms with Gasteiger partial charge in [-0.25, -0.2) is 5.10 Å². The number of aryl methyl sites for hydroxylation is 2. The third kappa shape index (κ3) is 2.67. The van der Waals surface area contributed by atoms with Crippen molar-refractivity contribution in [1.29, 1.82) is 0 Å². The minimum Gasteiger partial charge on any atom is -0.267 e. The summed E-state index contributed by atoms with van der Waals surface area (Å²) >= 11 is 0. The second kappa shape index (κ2) is 5.99. The fourth-order valence-corrected chi connectivity index (χ4v) is 3.57. The minimum atomic E-state index is -0.0930. The lowest BCUT2D eigenvalue weighted by Gasteiger charge is -2.15. The predicted octanol–water partition coefficient (Wildman–Crippen LogP) is 4.25. The van der Waals surface area contributed by atoms with Gasteiger partial charge in [-0.15, -0.1) is 0 Å². The molecule has 0 bridgehead atoms. The topological polar surface area (TPSA) is 45.8 Å². The van der Waals surface area contributed by atoms with Crippen LogP contribution >= 0.6 is 0 Å². The van der Waals surface area contributed by atoms with Crippen molar-refractivity contribution in [2.24, 2.45) is 0 Å². The van der Waals surface area contributed by atoms with Gasteiger partial charge in [-0.05, 0) is 48.9 Å². The number of rotatable bonds is 1. The van der Waals surface area contributed by atoms with Gasteiger partial charge in [0.05, 0.1) is 11.1 Å². The van der Waals surface area contributed by atoms with Gasteiger partial charge in [0.15, 0.2) is 0 Å². The molecule has 0 spiro atoms. The maximum Gasteiger partial charge on any atom is 0.272 e. The van der Waals surface area contributed by atoms with Crippen molar-refractivity contribution in [1.82, 2.24) is 10.2 Å². The average molecular weight is 304 g/mol. The Kier molecular flexibility index (Phi) is 3.70. The normalized spacial score (nSPS) is 15.0. The minimum absolute atomic E-state index is 0.0930. The van der Waals surface area contributed by atoms with E-state index < -0.39 is 0 Å². The summed E-state index contributed by atoms with van der Waals surface area (Å²) < 4.78 is 0. The number of fused-ring (bicyclic) bond motifs is 2. The SMILES string of the molecule is O=c1[nH]nc(-c2ccccc2)c2cc3c(cc12)CCCCCC3. The lowest BCUT2D eigenvalue weighted by molar-refractivity contribution is 0.617. The summed E-state index contributed by atoms with van der Waals surface area (Å²) in [6.45, 7) is 0. The Labute approximate surface area is 135 Å². The van der Waals surface area contributed by atoms with Crippen LogP contribution in [0.2, 0.25) is 0 Å². The second-order valence-corrected chi connectivity index (χ2v) is 6.35. The number of nitrogens with zero attached hydrogens (tertiary/aromatic N) is 1. The van der Waals surface area contributed by atoms with Gasteiger partial charge in [-0.1, -0.05) is 43.2 Å². The monoisotopic (exact) mass is 304 g/mol. The number of nitrogens with one attached hydrogen (secondary N) is 1. The van der Waals surface area contributed by atoms with Gasteiger partial charge in [-0.3, -0.25) is 4.79 Å². The number of aromatic nitrogens is 2. The Bertz CT molecular complexity index is 897. The number of aromatic amines is 1. The van der Waals surface area contributed by atoms with Crippen LogP contribution in [0.25, 0.3) is 22.0 Å². The van der Waals surface area contributed by atoms with Gasteiger partial charge in [0.1, 0.15) is 0 Å². The molecule has 116 valence electrons. The van der Waals surface area contributed by atoms with Gasteiger partial charge < -0.3 is 0 Å². The van der Waals surface area contributed by atoms with E-state index in [-0.39, 0.29) is 5.56 Å². The lowest BCUT2D eigenvalue weighted by atomic mass is 9.90. The maximum atomic E-state index is 12.3. The summed E-state index contributed by atoms with van der Waals surface area (Å²) in [5, 5.41) is 8.73. The summed E-state index contributed by atoms with van der Waals surface area (Å²) in [6.07, 6.45) is 7.22. The van der Waals surface area contributed by atoms with E-state index in [4.69, 9.17) is 0 Å². The zero-order chi connectivity index (χ0) is 15.6. The number of hydrogen-bond donors (Lipinski definition) is 1. The van der Waals surface area contributed by atoms with Crippen molar-refractivity contribution >= 4 is 10.8 Å². The van der Waals surface area contributed by atoms with Crippen LogP contribution in [0.3, 0.4) is 0 Å². The third-order valence-corrected chi connectivity index (χ3v) is 4.80. The van der Waals surface area contributed by atoms with Crippen LogP contribution in [0.15, 0.2) is 47.3 Å². The lowest BCUT2D eigenvalue weighted by Crippen LogP contribution is -2.11. The van der Waals surface area contributed by atoms with Crippen LogP contribution in [0.5, 0.6) is 0 Å². The van der Waals surface area contributed by atoms with Crippen molar-refractivity contribution in [3.05, 3.63) is 63.9 Å². The summed E-state index contributed by atoms with van der Waals surface area (Å²) in [7, 11) is 0. The molecule has 0 unspecified atom stereocenters. The number of benzene rings is 2. The molecular formula is C20H20N2O. The molecule has 1 aliphatic carbocycles. The molecule has 3 heteroatoms. The quantitative estimate of drug-likeness (QED) is 0.730. The molecule has 0 fully saturated rings. The molecule has 2 aromatic carbocycles. The van der Waals surface area contributed by atoms with E-state index >= 15 is 0 Å². The molecule has 0 aliphatic heterocycles. The fourth-order valence-electron chi connectivity index (χ4n) is 3.57. The first kappa shape index (κ1) is 14.2. The molecule has 0 radical (unpaired) electrons. The van der Waals surface area contributed by atoms with Crippen LogP contribution in [-0.2, 0) is 12.8 Å². The van der Waals surface area contributed by atoms with Crippen LogP contribution in [-0.4, -0.2) is 10.2 Å². The zero-order valence-corrected chi connectivity index (χ0v) is 13.1. The van der Waals surface area contributed by atoms with Crippen molar-refractivity contribution in [2.75, 3.05) is 0 Å². The summed E-state index contributed by atoms with van der Waals surface area (Å²) in [4.78, 5) is 12.3. The Hall–Kier alpha value is -2.42. The first-order valence-corrected chi connectivity index (χ1v) is 8.42. The summed E-state index contributed by atoms with van der Waals surface area (Å²) in [5.74, 6) is 0. The molecule has 0 saturated heterocycles. The molecular weight excluding hydrogens is 284 g/mol. The Balaban J connectivity index is 1.97. The molecule has 1 N–H and O–H groups in total. The van der Waals surface area contributed by atoms with E-state index in [2.05, 4.69) is 22.3 Å². The van der Waals surface area contributed by atoms with Gasteiger partial charge >= 0.3 is 0 Å². The van der Waals surface area contributed by atoms with Crippen LogP contribution in [0, 0.1) is 0 Å². The molecule has 1 aromatic heterocycles. The standard InChI is InChI=1S/C20H20N2O/c23-20-18-13-16-11-5-2-1-4-10-15(16)12-17(18)19(21-22-20)14-8-6-3-7-9-14/h3,6-9,12-13H,1-2,4-5,10-11H2,(H,22,23). The van der Waals surface area contributed by atoms with E-state index in [9.17, 15) is 4.79 Å². The van der Waals surface area contributed by atoms with E-state index in [0.29, 0.717) is 0 Å². The molecule has 1 aliphatic rings. The molecule has 0 amide bonds. The van der Waals surface area contributed by atoms with Gasteiger partial charge in [0, 0.05) is 10.9 Å². The van der Waals surface area contributed by atoms with E-state index in [1.165, 1.54) is 36.8 Å². The van der Waals surface area contributed by atoms with E-state index in [1.54, 1.807) is 0 Å². The number of hydrogen-bond acceptors (Lipinski definition) is 2. The highest BCUT2D eigenvalue weighted by Gasteiger charge is 2.14. The maximum absolute atomic E-state index is 12.3. The van der Waals surface area contributed by atoms with Gasteiger partial charge in [-0.2, -0.15) is 5.10 Å². The van der Waals surface area contributed by atoms with Crippen LogP contribution in [0.1, 0.15) is 36.8 Å². The summed E-state index contributed by atoms with van der Waals surface area (Å²) in [6, 6.07) is 14.4. The van der Waals surface area contributed by atoms with Crippen molar-refractivity contribution in [3.8, 4) is 11.3 Å². The zero-order valence-electron chi connectivity index (χ0n) is 13.1. The number of H-pyrrole nitrogens is 1. The van der Waals surface area contributed by atoms with Gasteiger partial charge in [0.2, 0.25) is 0 Å². The third-order valence-electron chi connectivity index (χ3n) is 4.80. The highest BCUT2D eigenvalue weighted by Crippen LogP contribution is 2.29. The molecule has 3 nitrogen and oxygen atoms in total. The highest BCUT2D eigenvalue weighted by molar-refractivity contribution is 5.94. The Morgan fingerprint density at radius 1 is 0.826 bits per heavy atom. The largest absolute Gasteiger partial charge is 0.272 e. The van der Waals surface area contributed by atoms with Crippen molar-refractivity contribution in [2.45, 2.75) is 38.5 Å². The predicted molar refractivity (Wildman–Crippen MR) is 93.7 cm³/mol. The second-order valence-electron chi connectivity index (χ2n) is 6.35. The van der Waals surface area contributed by atoms with E-state index in [0.717, 1.165) is 34.9 Å². The average Bonchev–Trinajstić information content (AvgIpc) is 2.56. The molecule has 0 saturated carbocycles. The van der Waals surface area contributed by atoms with E-state index in [1.807, 2.05) is 30.3 Å². The molecule has 23 heavy (non-hydrogen) atoms. The summed E-state index contributed by atoms with van der Waals surface area (Å²) in [5.41, 5.74) is 4.55. The molecule has 1 heterocycles. The smallest absolute Gasteiger partial charge is 0.267 e. The van der Waals surface area contributed by atoms with Crippen LogP contribution < -0.4 is 5.56 Å². The first-order chi connectivity index (χ1) is 11.3. The molecule has 4 rings (SSSR count). The molecule has 0 atom stereocenters. The van der Waals surface area contributed by atoms with Gasteiger partial charge in [0.25, 0.3) is 5.56 Å². The highest BCUT2D eigenvalue weighted by atomic mass is 16.1. The first-order valence-electron chi connectivity index (χ1n) is 8.42. The fraction of sp³-hybridized carbons (Fsp3) is 0.300.